The highest BCUT2D eigenvalue weighted by molar-refractivity contribution is 5.47. The van der Waals surface area contributed by atoms with Gasteiger partial charge in [-0.1, -0.05) is 36.4 Å². The number of anilines is 2. The van der Waals surface area contributed by atoms with Crippen LogP contribution in [0.4, 0.5) is 11.4 Å². The molecule has 2 aliphatic rings. The maximum absolute atomic E-state index is 6.27. The van der Waals surface area contributed by atoms with E-state index in [1.807, 2.05) is 0 Å². The first-order chi connectivity index (χ1) is 18.2. The number of para-hydroxylation sites is 2. The lowest BCUT2D eigenvalue weighted by atomic mass is 10.2. The second-order valence-electron chi connectivity index (χ2n) is 10.1. The zero-order valence-electron chi connectivity index (χ0n) is 22.2. The molecule has 3 aromatic rings. The molecule has 8 heteroatoms. The number of nitrogens with two attached hydrogens (primary N) is 1. The standard InChI is InChI=1S/C29H42N8/c1-25-22-26(24-31-12-13-33-14-16-34(17-15-33)27-8-4-2-5-9-27)32-37(25)29(23-30)36-20-18-35(19-21-36)28-10-6-3-7-11-28/h2-11,22,29,31H,12-21,23-24,30H2,1H3. The summed E-state index contributed by atoms with van der Waals surface area (Å²) in [5, 5.41) is 8.57. The first kappa shape index (κ1) is 25.7. The molecule has 198 valence electrons. The molecule has 2 saturated heterocycles. The van der Waals surface area contributed by atoms with Gasteiger partial charge in [0, 0.05) is 95.6 Å². The average Bonchev–Trinajstić information content (AvgIpc) is 3.33. The van der Waals surface area contributed by atoms with Gasteiger partial charge in [0.1, 0.15) is 6.17 Å². The Hall–Kier alpha value is -2.91. The summed E-state index contributed by atoms with van der Waals surface area (Å²) in [6, 6.07) is 23.6. The molecule has 3 heterocycles. The molecule has 2 aromatic carbocycles. The largest absolute Gasteiger partial charge is 0.369 e. The third-order valence-corrected chi connectivity index (χ3v) is 7.73. The summed E-state index contributed by atoms with van der Waals surface area (Å²) < 4.78 is 2.14. The van der Waals surface area contributed by atoms with Gasteiger partial charge >= 0.3 is 0 Å². The summed E-state index contributed by atoms with van der Waals surface area (Å²) in [5.74, 6) is 0. The van der Waals surface area contributed by atoms with Crippen LogP contribution >= 0.6 is 0 Å². The number of nitrogens with one attached hydrogen (secondary N) is 1. The fraction of sp³-hybridized carbons (Fsp3) is 0.483. The molecule has 1 atom stereocenters. The van der Waals surface area contributed by atoms with E-state index in [0.29, 0.717) is 6.54 Å². The van der Waals surface area contributed by atoms with Gasteiger partial charge in [-0.15, -0.1) is 0 Å². The van der Waals surface area contributed by atoms with Gasteiger partial charge in [-0.2, -0.15) is 5.10 Å². The number of aryl methyl sites for hydroxylation is 1. The summed E-state index contributed by atoms with van der Waals surface area (Å²) >= 11 is 0. The monoisotopic (exact) mass is 502 g/mol. The average molecular weight is 503 g/mol. The van der Waals surface area contributed by atoms with Crippen molar-refractivity contribution in [3.63, 3.8) is 0 Å². The maximum Gasteiger partial charge on any atom is 0.117 e. The number of nitrogens with zero attached hydrogens (tertiary/aromatic N) is 6. The van der Waals surface area contributed by atoms with E-state index in [-0.39, 0.29) is 6.17 Å². The fourth-order valence-electron chi connectivity index (χ4n) is 5.58. The Morgan fingerprint density at radius 2 is 1.38 bits per heavy atom. The summed E-state index contributed by atoms with van der Waals surface area (Å²) in [5.41, 5.74) is 11.2. The lowest BCUT2D eigenvalue weighted by Crippen LogP contribution is -2.50. The van der Waals surface area contributed by atoms with Crippen molar-refractivity contribution in [1.82, 2.24) is 24.9 Å². The topological polar surface area (TPSA) is 68.8 Å². The Labute approximate surface area is 221 Å². The zero-order valence-corrected chi connectivity index (χ0v) is 22.2. The molecule has 5 rings (SSSR count). The zero-order chi connectivity index (χ0) is 25.5. The van der Waals surface area contributed by atoms with E-state index < -0.39 is 0 Å². The van der Waals surface area contributed by atoms with Crippen LogP contribution in [0.25, 0.3) is 0 Å². The molecule has 3 N–H and O–H groups in total. The second kappa shape index (κ2) is 12.6. The molecule has 0 bridgehead atoms. The number of hydrogen-bond donors (Lipinski definition) is 2. The van der Waals surface area contributed by atoms with Gasteiger partial charge in [-0.05, 0) is 37.3 Å². The minimum Gasteiger partial charge on any atom is -0.369 e. The van der Waals surface area contributed by atoms with E-state index >= 15 is 0 Å². The van der Waals surface area contributed by atoms with Crippen LogP contribution in [0.3, 0.4) is 0 Å². The van der Waals surface area contributed by atoms with Crippen LogP contribution in [0.15, 0.2) is 66.7 Å². The Morgan fingerprint density at radius 1 is 0.811 bits per heavy atom. The smallest absolute Gasteiger partial charge is 0.117 e. The molecular weight excluding hydrogens is 460 g/mol. The third kappa shape index (κ3) is 6.51. The maximum atomic E-state index is 6.27. The molecule has 0 aliphatic carbocycles. The van der Waals surface area contributed by atoms with Crippen molar-refractivity contribution in [3.05, 3.63) is 78.1 Å². The molecule has 0 spiro atoms. The third-order valence-electron chi connectivity index (χ3n) is 7.73. The first-order valence-electron chi connectivity index (χ1n) is 13.7. The molecule has 0 amide bonds. The van der Waals surface area contributed by atoms with Crippen molar-refractivity contribution in [2.75, 3.05) is 81.8 Å². The second-order valence-corrected chi connectivity index (χ2v) is 10.1. The van der Waals surface area contributed by atoms with Crippen LogP contribution in [0.5, 0.6) is 0 Å². The Morgan fingerprint density at radius 3 is 1.95 bits per heavy atom. The first-order valence-corrected chi connectivity index (χ1v) is 13.7. The van der Waals surface area contributed by atoms with Crippen LogP contribution in [0.2, 0.25) is 0 Å². The quantitative estimate of drug-likeness (QED) is 0.413. The molecule has 0 saturated carbocycles. The predicted octanol–water partition coefficient (Wildman–Crippen LogP) is 2.38. The minimum absolute atomic E-state index is 0.104. The Kier molecular flexibility index (Phi) is 8.73. The summed E-state index contributed by atoms with van der Waals surface area (Å²) in [6.45, 7) is 13.9. The lowest BCUT2D eigenvalue weighted by molar-refractivity contribution is 0.123. The van der Waals surface area contributed by atoms with Crippen LogP contribution in [0, 0.1) is 6.92 Å². The predicted molar refractivity (Wildman–Crippen MR) is 152 cm³/mol. The number of rotatable bonds is 10. The van der Waals surface area contributed by atoms with Crippen molar-refractivity contribution < 1.29 is 0 Å². The van der Waals surface area contributed by atoms with Crippen LogP contribution < -0.4 is 20.9 Å². The normalized spacial score (nSPS) is 18.3. The molecule has 2 aliphatic heterocycles. The van der Waals surface area contributed by atoms with E-state index in [9.17, 15) is 0 Å². The molecule has 8 nitrogen and oxygen atoms in total. The van der Waals surface area contributed by atoms with Gasteiger partial charge in [0.2, 0.25) is 0 Å². The van der Waals surface area contributed by atoms with Crippen LogP contribution in [-0.4, -0.2) is 91.6 Å². The fourth-order valence-corrected chi connectivity index (χ4v) is 5.58. The molecule has 37 heavy (non-hydrogen) atoms. The number of benzene rings is 2. The molecule has 2 fully saturated rings. The van der Waals surface area contributed by atoms with E-state index in [2.05, 4.69) is 103 Å². The van der Waals surface area contributed by atoms with Crippen LogP contribution in [-0.2, 0) is 6.54 Å². The highest BCUT2D eigenvalue weighted by Crippen LogP contribution is 2.21. The Bertz CT molecular complexity index is 1070. The van der Waals surface area contributed by atoms with Crippen molar-refractivity contribution in [1.29, 1.82) is 0 Å². The van der Waals surface area contributed by atoms with E-state index in [0.717, 1.165) is 77.7 Å². The van der Waals surface area contributed by atoms with Gasteiger partial charge in [-0.3, -0.25) is 14.5 Å². The van der Waals surface area contributed by atoms with Gasteiger partial charge in [-0.25, -0.2) is 0 Å². The Balaban J connectivity index is 1.06. The molecule has 0 radical (unpaired) electrons. The summed E-state index contributed by atoms with van der Waals surface area (Å²) in [4.78, 5) is 9.97. The van der Waals surface area contributed by atoms with Crippen molar-refractivity contribution in [2.24, 2.45) is 5.73 Å². The van der Waals surface area contributed by atoms with E-state index in [1.54, 1.807) is 0 Å². The highest BCUT2D eigenvalue weighted by Gasteiger charge is 2.26. The number of aromatic nitrogens is 2. The van der Waals surface area contributed by atoms with Crippen LogP contribution in [0.1, 0.15) is 17.6 Å². The van der Waals surface area contributed by atoms with Gasteiger partial charge in [0.15, 0.2) is 0 Å². The highest BCUT2D eigenvalue weighted by atomic mass is 15.4. The lowest BCUT2D eigenvalue weighted by Gasteiger charge is -2.40. The van der Waals surface area contributed by atoms with E-state index in [4.69, 9.17) is 10.8 Å². The SMILES string of the molecule is Cc1cc(CNCCN2CCN(c3ccccc3)CC2)nn1C(CN)N1CCN(c2ccccc2)CC1. The minimum atomic E-state index is 0.104. The summed E-state index contributed by atoms with van der Waals surface area (Å²) in [6.07, 6.45) is 0.104. The van der Waals surface area contributed by atoms with Crippen molar-refractivity contribution >= 4 is 11.4 Å². The van der Waals surface area contributed by atoms with Gasteiger partial charge in [0.05, 0.1) is 5.69 Å². The number of hydrogen-bond acceptors (Lipinski definition) is 7. The molecule has 1 unspecified atom stereocenters. The van der Waals surface area contributed by atoms with Gasteiger partial charge < -0.3 is 20.9 Å². The molecular formula is C29H42N8. The molecule has 1 aromatic heterocycles. The van der Waals surface area contributed by atoms with Crippen molar-refractivity contribution in [2.45, 2.75) is 19.6 Å². The number of piperazine rings is 2. The van der Waals surface area contributed by atoms with Crippen molar-refractivity contribution in [3.8, 4) is 0 Å². The van der Waals surface area contributed by atoms with Gasteiger partial charge in [0.25, 0.3) is 0 Å². The summed E-state index contributed by atoms with van der Waals surface area (Å²) in [7, 11) is 0. The van der Waals surface area contributed by atoms with E-state index in [1.165, 1.54) is 17.1 Å².